The van der Waals surface area contributed by atoms with Crippen LogP contribution in [0.4, 0.5) is 10.1 Å². The van der Waals surface area contributed by atoms with Gasteiger partial charge in [-0.1, -0.05) is 18.2 Å². The number of nitrogens with zero attached hydrogens (tertiary/aromatic N) is 3. The Morgan fingerprint density at radius 3 is 2.67 bits per heavy atom. The molecule has 0 fully saturated rings. The number of aromatic nitrogens is 2. The molecular weight excluding hydrogens is 348 g/mol. The highest BCUT2D eigenvalue weighted by molar-refractivity contribution is 5.95. The second kappa shape index (κ2) is 8.75. The van der Waals surface area contributed by atoms with Gasteiger partial charge in [-0.25, -0.2) is 9.37 Å². The molecule has 0 spiro atoms. The van der Waals surface area contributed by atoms with E-state index in [1.54, 1.807) is 48.9 Å². The fourth-order valence-electron chi connectivity index (χ4n) is 2.55. The average molecular weight is 366 g/mol. The van der Waals surface area contributed by atoms with Gasteiger partial charge in [0.2, 0.25) is 5.88 Å². The highest BCUT2D eigenvalue weighted by Gasteiger charge is 2.22. The number of alkyl halides is 1. The number of anilines is 1. The van der Waals surface area contributed by atoms with Crippen LogP contribution in [0.2, 0.25) is 0 Å². The van der Waals surface area contributed by atoms with Crippen LogP contribution in [0, 0.1) is 0 Å². The lowest BCUT2D eigenvalue weighted by Crippen LogP contribution is -2.32. The highest BCUT2D eigenvalue weighted by Crippen LogP contribution is 2.32. The molecule has 0 bridgehead atoms. The Balaban J connectivity index is 1.97. The van der Waals surface area contributed by atoms with E-state index in [1.807, 2.05) is 18.2 Å². The van der Waals surface area contributed by atoms with Gasteiger partial charge in [0.1, 0.15) is 17.2 Å². The number of hydrogen-bond donors (Lipinski definition) is 0. The number of rotatable bonds is 7. The van der Waals surface area contributed by atoms with Gasteiger partial charge in [0.25, 0.3) is 5.91 Å². The van der Waals surface area contributed by atoms with Gasteiger partial charge in [0.15, 0.2) is 6.67 Å². The third-order valence-electron chi connectivity index (χ3n) is 3.82. The maximum Gasteiger partial charge on any atom is 0.258 e. The number of hydrogen-bond acceptors (Lipinski definition) is 5. The molecule has 0 saturated carbocycles. The summed E-state index contributed by atoms with van der Waals surface area (Å²) in [4.78, 5) is 21.9. The fraction of sp³-hybridized carbons (Fsp3) is 0.150. The zero-order valence-electron chi connectivity index (χ0n) is 14.7. The summed E-state index contributed by atoms with van der Waals surface area (Å²) in [5, 5.41) is 0. The molecule has 138 valence electrons. The lowest BCUT2D eigenvalue weighted by Gasteiger charge is -2.24. The molecule has 1 aromatic carbocycles. The van der Waals surface area contributed by atoms with E-state index in [-0.39, 0.29) is 12.4 Å². The van der Waals surface area contributed by atoms with Gasteiger partial charge in [-0.15, -0.1) is 0 Å². The van der Waals surface area contributed by atoms with Crippen molar-refractivity contribution in [2.24, 2.45) is 0 Å². The van der Waals surface area contributed by atoms with Crippen molar-refractivity contribution in [1.82, 2.24) is 9.97 Å². The average Bonchev–Trinajstić information content (AvgIpc) is 2.73. The molecule has 27 heavy (non-hydrogen) atoms. The van der Waals surface area contributed by atoms with Crippen molar-refractivity contribution in [3.63, 3.8) is 0 Å². The topological polar surface area (TPSA) is 64.5 Å². The monoisotopic (exact) mass is 366 g/mol. The van der Waals surface area contributed by atoms with Gasteiger partial charge >= 0.3 is 0 Å². The van der Waals surface area contributed by atoms with E-state index < -0.39 is 12.6 Å². The van der Waals surface area contributed by atoms with Gasteiger partial charge in [-0.3, -0.25) is 9.78 Å². The quantitative estimate of drug-likeness (QED) is 0.637. The van der Waals surface area contributed by atoms with Crippen LogP contribution >= 0.6 is 0 Å². The van der Waals surface area contributed by atoms with Gasteiger partial charge in [-0.2, -0.15) is 0 Å². The Morgan fingerprint density at radius 2 is 1.93 bits per heavy atom. The van der Waals surface area contributed by atoms with Crippen molar-refractivity contribution in [3.8, 4) is 17.4 Å². The van der Waals surface area contributed by atoms with E-state index in [2.05, 4.69) is 9.97 Å². The molecule has 0 aliphatic heterocycles. The van der Waals surface area contributed by atoms with Crippen LogP contribution in [-0.4, -0.2) is 29.7 Å². The first-order chi connectivity index (χ1) is 13.2. The van der Waals surface area contributed by atoms with Gasteiger partial charge in [-0.05, 0) is 30.3 Å². The van der Waals surface area contributed by atoms with Crippen molar-refractivity contribution in [3.05, 3.63) is 72.7 Å². The molecule has 0 saturated heterocycles. The first-order valence-corrected chi connectivity index (χ1v) is 8.24. The third-order valence-corrected chi connectivity index (χ3v) is 3.82. The van der Waals surface area contributed by atoms with Crippen molar-refractivity contribution in [2.75, 3.05) is 18.7 Å². The Morgan fingerprint density at radius 1 is 1.11 bits per heavy atom. The molecule has 0 radical (unpaired) electrons. The Hall–Kier alpha value is -3.48. The molecule has 0 aliphatic rings. The minimum Gasteiger partial charge on any atom is -0.496 e. The molecule has 1 amide bonds. The third kappa shape index (κ3) is 4.38. The van der Waals surface area contributed by atoms with E-state index >= 15 is 0 Å². The van der Waals surface area contributed by atoms with E-state index in [4.69, 9.17) is 9.47 Å². The molecule has 0 unspecified atom stereocenters. The predicted octanol–water partition coefficient (Wildman–Crippen LogP) is 3.78. The lowest BCUT2D eigenvalue weighted by atomic mass is 10.2. The number of amides is 1. The number of ether oxygens (including phenoxy) is 2. The Labute approximate surface area is 156 Å². The summed E-state index contributed by atoms with van der Waals surface area (Å²) < 4.78 is 24.4. The molecule has 0 aliphatic carbocycles. The summed E-state index contributed by atoms with van der Waals surface area (Å²) in [6, 6.07) is 14.0. The van der Waals surface area contributed by atoms with E-state index in [0.29, 0.717) is 22.7 Å². The number of halogens is 1. The number of pyridine rings is 2. The molecule has 2 heterocycles. The standard InChI is InChI=1S/C20H18FN3O3/c1-26-18-9-11-22-13-15(18)14-24(19(25)12-21)17-8-5-10-23-20(17)27-16-6-3-2-4-7-16/h2-11,13H,12,14H2,1H3/i21-1. The van der Waals surface area contributed by atoms with Crippen LogP contribution in [0.1, 0.15) is 5.56 Å². The van der Waals surface area contributed by atoms with Crippen molar-refractivity contribution < 1.29 is 18.7 Å². The largest absolute Gasteiger partial charge is 0.496 e. The molecule has 0 atom stereocenters. The maximum absolute atomic E-state index is 13.3. The molecule has 0 N–H and O–H groups in total. The van der Waals surface area contributed by atoms with E-state index in [1.165, 1.54) is 12.0 Å². The number of methoxy groups -OCH3 is 1. The summed E-state index contributed by atoms with van der Waals surface area (Å²) in [5.41, 5.74) is 0.992. The summed E-state index contributed by atoms with van der Waals surface area (Å²) in [5.74, 6) is 0.598. The van der Waals surface area contributed by atoms with Crippen LogP contribution < -0.4 is 14.4 Å². The summed E-state index contributed by atoms with van der Waals surface area (Å²) >= 11 is 0. The first kappa shape index (κ1) is 18.3. The van der Waals surface area contributed by atoms with Gasteiger partial charge in [0, 0.05) is 24.2 Å². The summed E-state index contributed by atoms with van der Waals surface area (Å²) in [6.45, 7) is -1.08. The Bertz CT molecular complexity index is 906. The summed E-state index contributed by atoms with van der Waals surface area (Å²) in [6.07, 6.45) is 4.70. The van der Waals surface area contributed by atoms with Gasteiger partial charge in [0.05, 0.1) is 13.7 Å². The first-order valence-electron chi connectivity index (χ1n) is 8.24. The van der Waals surface area contributed by atoms with Crippen molar-refractivity contribution in [2.45, 2.75) is 6.54 Å². The molecular formula is C20H18FN3O3. The summed E-state index contributed by atoms with van der Waals surface area (Å²) in [7, 11) is 1.52. The van der Waals surface area contributed by atoms with Crippen molar-refractivity contribution in [1.29, 1.82) is 0 Å². The second-order valence-electron chi connectivity index (χ2n) is 5.54. The van der Waals surface area contributed by atoms with Crippen LogP contribution in [0.15, 0.2) is 67.1 Å². The van der Waals surface area contributed by atoms with Crippen LogP contribution in [-0.2, 0) is 11.3 Å². The molecule has 2 aromatic heterocycles. The molecule has 7 heteroatoms. The smallest absolute Gasteiger partial charge is 0.258 e. The molecule has 3 aromatic rings. The van der Waals surface area contributed by atoms with E-state index in [0.717, 1.165) is 0 Å². The van der Waals surface area contributed by atoms with Gasteiger partial charge < -0.3 is 14.4 Å². The SMILES string of the molecule is COc1ccncc1CN(C(=O)C[18F])c1cccnc1Oc1ccccc1. The number of carbonyl (C=O) groups is 1. The maximum atomic E-state index is 13.3. The van der Waals surface area contributed by atoms with Crippen LogP contribution in [0.5, 0.6) is 17.4 Å². The zero-order valence-corrected chi connectivity index (χ0v) is 14.7. The predicted molar refractivity (Wildman–Crippen MR) is 98.7 cm³/mol. The zero-order chi connectivity index (χ0) is 19.1. The number of benzene rings is 1. The Kier molecular flexibility index (Phi) is 5.94. The molecule has 3 rings (SSSR count). The number of carbonyl (C=O) groups excluding carboxylic acids is 1. The normalized spacial score (nSPS) is 10.3. The van der Waals surface area contributed by atoms with Crippen molar-refractivity contribution >= 4 is 11.6 Å². The minimum absolute atomic E-state index is 0.0661. The minimum atomic E-state index is -1.15. The van der Waals surface area contributed by atoms with Crippen LogP contribution in [0.3, 0.4) is 0 Å². The van der Waals surface area contributed by atoms with Crippen LogP contribution in [0.25, 0.3) is 0 Å². The number of para-hydroxylation sites is 1. The second-order valence-corrected chi connectivity index (χ2v) is 5.54. The van der Waals surface area contributed by atoms with E-state index in [9.17, 15) is 9.18 Å². The highest BCUT2D eigenvalue weighted by atomic mass is 18.2. The molecule has 6 nitrogen and oxygen atoms in total. The lowest BCUT2D eigenvalue weighted by molar-refractivity contribution is -0.119. The fourth-order valence-corrected chi connectivity index (χ4v) is 2.55.